The van der Waals surface area contributed by atoms with E-state index in [1.807, 2.05) is 6.92 Å². The molecule has 0 aliphatic rings. The lowest BCUT2D eigenvalue weighted by Crippen LogP contribution is -2.13. The van der Waals surface area contributed by atoms with Crippen molar-refractivity contribution in [3.05, 3.63) is 47.5 Å². The van der Waals surface area contributed by atoms with Crippen molar-refractivity contribution in [1.29, 1.82) is 0 Å². The number of hydrogen-bond acceptors (Lipinski definition) is 4. The van der Waals surface area contributed by atoms with Gasteiger partial charge in [-0.05, 0) is 43.3 Å². The van der Waals surface area contributed by atoms with Gasteiger partial charge in [-0.3, -0.25) is 4.72 Å². The van der Waals surface area contributed by atoms with Gasteiger partial charge in [0.1, 0.15) is 11.5 Å². The Labute approximate surface area is 134 Å². The molecule has 0 bridgehead atoms. The quantitative estimate of drug-likeness (QED) is 0.872. The average Bonchev–Trinajstić information content (AvgIpc) is 2.50. The molecule has 0 fully saturated rings. The second kappa shape index (κ2) is 6.89. The Morgan fingerprint density at radius 2 is 1.73 bits per heavy atom. The first kappa shape index (κ1) is 16.5. The molecule has 0 atom stereocenters. The summed E-state index contributed by atoms with van der Waals surface area (Å²) in [4.78, 5) is 0.120. The molecule has 0 saturated carbocycles. The van der Waals surface area contributed by atoms with Crippen LogP contribution >= 0.6 is 11.6 Å². The molecule has 118 valence electrons. The molecular weight excluding hydrogens is 326 g/mol. The molecule has 0 radical (unpaired) electrons. The van der Waals surface area contributed by atoms with Gasteiger partial charge >= 0.3 is 0 Å². The van der Waals surface area contributed by atoms with Gasteiger partial charge in [0.15, 0.2) is 0 Å². The van der Waals surface area contributed by atoms with E-state index in [4.69, 9.17) is 21.1 Å². The topological polar surface area (TPSA) is 64.6 Å². The minimum Gasteiger partial charge on any atom is -0.497 e. The standard InChI is InChI=1S/C15H16ClNO4S/c1-3-21-11-4-7-13(8-5-11)22(18,19)17-15-10-12(20-2)6-9-14(15)16/h4-10,17H,3H2,1-2H3. The zero-order chi connectivity index (χ0) is 16.2. The van der Waals surface area contributed by atoms with E-state index >= 15 is 0 Å². The number of hydrogen-bond donors (Lipinski definition) is 1. The summed E-state index contributed by atoms with van der Waals surface area (Å²) in [5, 5.41) is 0.287. The summed E-state index contributed by atoms with van der Waals surface area (Å²) in [7, 11) is -2.24. The van der Waals surface area contributed by atoms with Gasteiger partial charge < -0.3 is 9.47 Å². The van der Waals surface area contributed by atoms with Gasteiger partial charge in [-0.15, -0.1) is 0 Å². The molecule has 0 aliphatic heterocycles. The number of benzene rings is 2. The van der Waals surface area contributed by atoms with Crippen LogP contribution in [0, 0.1) is 0 Å². The predicted molar refractivity (Wildman–Crippen MR) is 86.4 cm³/mol. The van der Waals surface area contributed by atoms with E-state index in [9.17, 15) is 8.42 Å². The molecule has 2 rings (SSSR count). The number of methoxy groups -OCH3 is 1. The molecule has 2 aromatic carbocycles. The Bertz CT molecular complexity index is 745. The summed E-state index contributed by atoms with van der Waals surface area (Å²) >= 11 is 6.01. The van der Waals surface area contributed by atoms with Crippen molar-refractivity contribution in [2.45, 2.75) is 11.8 Å². The maximum atomic E-state index is 12.4. The third-order valence-electron chi connectivity index (χ3n) is 2.86. The smallest absolute Gasteiger partial charge is 0.261 e. The van der Waals surface area contributed by atoms with E-state index < -0.39 is 10.0 Å². The third kappa shape index (κ3) is 3.84. The van der Waals surface area contributed by atoms with E-state index in [-0.39, 0.29) is 15.6 Å². The monoisotopic (exact) mass is 341 g/mol. The van der Waals surface area contributed by atoms with Crippen molar-refractivity contribution in [2.24, 2.45) is 0 Å². The van der Waals surface area contributed by atoms with Crippen molar-refractivity contribution in [3.63, 3.8) is 0 Å². The summed E-state index contributed by atoms with van der Waals surface area (Å²) in [5.74, 6) is 1.12. The molecular formula is C15H16ClNO4S. The van der Waals surface area contributed by atoms with E-state index in [1.54, 1.807) is 24.3 Å². The molecule has 0 unspecified atom stereocenters. The highest BCUT2D eigenvalue weighted by atomic mass is 35.5. The summed E-state index contributed by atoms with van der Waals surface area (Å²) < 4.78 is 37.5. The molecule has 0 aliphatic carbocycles. The van der Waals surface area contributed by atoms with Crippen LogP contribution in [0.15, 0.2) is 47.4 Å². The SMILES string of the molecule is CCOc1ccc(S(=O)(=O)Nc2cc(OC)ccc2Cl)cc1. The van der Waals surface area contributed by atoms with Crippen molar-refractivity contribution in [3.8, 4) is 11.5 Å². The van der Waals surface area contributed by atoms with Gasteiger partial charge in [0.25, 0.3) is 10.0 Å². The van der Waals surface area contributed by atoms with Crippen molar-refractivity contribution >= 4 is 27.3 Å². The first-order valence-corrected chi connectivity index (χ1v) is 8.41. The first-order chi connectivity index (χ1) is 10.5. The zero-order valence-electron chi connectivity index (χ0n) is 12.2. The highest BCUT2D eigenvalue weighted by Gasteiger charge is 2.16. The van der Waals surface area contributed by atoms with Gasteiger partial charge in [-0.1, -0.05) is 11.6 Å². The second-order valence-corrected chi connectivity index (χ2v) is 6.45. The predicted octanol–water partition coefficient (Wildman–Crippen LogP) is 3.55. The summed E-state index contributed by atoms with van der Waals surface area (Å²) in [5.41, 5.74) is 0.259. The molecule has 22 heavy (non-hydrogen) atoms. The zero-order valence-corrected chi connectivity index (χ0v) is 13.7. The number of anilines is 1. The summed E-state index contributed by atoms with van der Waals surface area (Å²) in [6.45, 7) is 2.38. The van der Waals surface area contributed by atoms with Crippen LogP contribution in [0.5, 0.6) is 11.5 Å². The second-order valence-electron chi connectivity index (χ2n) is 4.36. The largest absolute Gasteiger partial charge is 0.497 e. The van der Waals surface area contributed by atoms with E-state index in [0.717, 1.165) is 0 Å². The van der Waals surface area contributed by atoms with Crippen LogP contribution in [0.25, 0.3) is 0 Å². The average molecular weight is 342 g/mol. The maximum Gasteiger partial charge on any atom is 0.261 e. The summed E-state index contributed by atoms with van der Waals surface area (Å²) in [6, 6.07) is 10.9. The Morgan fingerprint density at radius 3 is 2.32 bits per heavy atom. The molecule has 0 aromatic heterocycles. The Morgan fingerprint density at radius 1 is 1.09 bits per heavy atom. The Hall–Kier alpha value is -1.92. The fourth-order valence-corrected chi connectivity index (χ4v) is 3.09. The number of nitrogens with one attached hydrogen (secondary N) is 1. The van der Waals surface area contributed by atoms with E-state index in [0.29, 0.717) is 18.1 Å². The Balaban J connectivity index is 2.27. The van der Waals surface area contributed by atoms with Crippen molar-refractivity contribution in [1.82, 2.24) is 0 Å². The first-order valence-electron chi connectivity index (χ1n) is 6.55. The van der Waals surface area contributed by atoms with Gasteiger partial charge in [0, 0.05) is 6.07 Å². The van der Waals surface area contributed by atoms with Gasteiger partial charge in [0.05, 0.1) is 29.3 Å². The normalized spacial score (nSPS) is 11.0. The van der Waals surface area contributed by atoms with Crippen LogP contribution in [-0.4, -0.2) is 22.1 Å². The molecule has 0 amide bonds. The number of sulfonamides is 1. The van der Waals surface area contributed by atoms with Crippen molar-refractivity contribution < 1.29 is 17.9 Å². The highest BCUT2D eigenvalue weighted by Crippen LogP contribution is 2.29. The molecule has 1 N–H and O–H groups in total. The maximum absolute atomic E-state index is 12.4. The fourth-order valence-electron chi connectivity index (χ4n) is 1.79. The van der Waals surface area contributed by atoms with Crippen LogP contribution in [0.4, 0.5) is 5.69 Å². The molecule has 2 aromatic rings. The van der Waals surface area contributed by atoms with Crippen LogP contribution in [0.3, 0.4) is 0 Å². The highest BCUT2D eigenvalue weighted by molar-refractivity contribution is 7.92. The lowest BCUT2D eigenvalue weighted by molar-refractivity contribution is 0.340. The summed E-state index contributed by atoms with van der Waals surface area (Å²) in [6.07, 6.45) is 0. The lowest BCUT2D eigenvalue weighted by atomic mass is 10.3. The van der Waals surface area contributed by atoms with Crippen LogP contribution in [0.2, 0.25) is 5.02 Å². The van der Waals surface area contributed by atoms with Crippen LogP contribution in [-0.2, 0) is 10.0 Å². The van der Waals surface area contributed by atoms with Crippen LogP contribution in [0.1, 0.15) is 6.92 Å². The molecule has 0 spiro atoms. The minimum absolute atomic E-state index is 0.120. The number of ether oxygens (including phenoxy) is 2. The third-order valence-corrected chi connectivity index (χ3v) is 4.57. The number of rotatable bonds is 6. The lowest BCUT2D eigenvalue weighted by Gasteiger charge is -2.11. The fraction of sp³-hybridized carbons (Fsp3) is 0.200. The van der Waals surface area contributed by atoms with Gasteiger partial charge in [-0.25, -0.2) is 8.42 Å². The van der Waals surface area contributed by atoms with E-state index in [1.165, 1.54) is 25.3 Å². The molecule has 7 heteroatoms. The molecule has 0 saturated heterocycles. The van der Waals surface area contributed by atoms with E-state index in [2.05, 4.69) is 4.72 Å². The Kier molecular flexibility index (Phi) is 5.15. The van der Waals surface area contributed by atoms with Crippen molar-refractivity contribution in [2.75, 3.05) is 18.4 Å². The van der Waals surface area contributed by atoms with Crippen LogP contribution < -0.4 is 14.2 Å². The molecule has 5 nitrogen and oxygen atoms in total. The van der Waals surface area contributed by atoms with Gasteiger partial charge in [0.2, 0.25) is 0 Å². The van der Waals surface area contributed by atoms with Gasteiger partial charge in [-0.2, -0.15) is 0 Å². The molecule has 0 heterocycles. The number of halogens is 1. The minimum atomic E-state index is -3.74.